The molecule has 0 aliphatic carbocycles. The van der Waals surface area contributed by atoms with Crippen molar-refractivity contribution < 1.29 is 9.90 Å². The van der Waals surface area contributed by atoms with Gasteiger partial charge >= 0.3 is 0 Å². The Bertz CT molecular complexity index is 757. The molecule has 1 amide bonds. The molecule has 1 aromatic rings. The number of nitrogens with one attached hydrogen (secondary N) is 1. The van der Waals surface area contributed by atoms with Gasteiger partial charge in [-0.3, -0.25) is 4.79 Å². The Kier molecular flexibility index (Phi) is 8.45. The second-order valence-corrected chi connectivity index (χ2v) is 6.16. The number of hydrogen-bond acceptors (Lipinski definition) is 3. The van der Waals surface area contributed by atoms with Crippen LogP contribution >= 0.6 is 15.9 Å². The lowest BCUT2D eigenvalue weighted by atomic mass is 10.0. The number of nitrogens with zero attached hydrogens (tertiary/aromatic N) is 1. The Hall–Kier alpha value is -2.58. The summed E-state index contributed by atoms with van der Waals surface area (Å²) in [5.74, 6) is -0.365. The molecule has 0 radical (unpaired) electrons. The van der Waals surface area contributed by atoms with E-state index in [1.165, 1.54) is 12.1 Å². The Morgan fingerprint density at radius 1 is 1.48 bits per heavy atom. The van der Waals surface area contributed by atoms with Gasteiger partial charge in [0.2, 0.25) is 0 Å². The summed E-state index contributed by atoms with van der Waals surface area (Å²) in [5.41, 5.74) is 1.46. The summed E-state index contributed by atoms with van der Waals surface area (Å²) >= 11 is 3.21. The van der Waals surface area contributed by atoms with Gasteiger partial charge in [-0.1, -0.05) is 50.8 Å². The molecule has 0 bridgehead atoms. The van der Waals surface area contributed by atoms with Crippen molar-refractivity contribution in [1.82, 2.24) is 5.32 Å². The first-order valence-corrected chi connectivity index (χ1v) is 8.62. The number of amides is 1. The van der Waals surface area contributed by atoms with Crippen molar-refractivity contribution in [2.24, 2.45) is 0 Å². The normalized spacial score (nSPS) is 12.8. The zero-order valence-corrected chi connectivity index (χ0v) is 15.7. The van der Waals surface area contributed by atoms with E-state index in [0.29, 0.717) is 10.0 Å². The number of phenols is 1. The third-order valence-electron chi connectivity index (χ3n) is 3.48. The fraction of sp³-hybridized carbons (Fsp3) is 0.200. The van der Waals surface area contributed by atoms with E-state index >= 15 is 0 Å². The van der Waals surface area contributed by atoms with Crippen LogP contribution in [0.1, 0.15) is 25.3 Å². The molecule has 0 heterocycles. The molecule has 1 aromatic carbocycles. The Morgan fingerprint density at radius 3 is 2.72 bits per heavy atom. The Balaban J connectivity index is 3.07. The minimum absolute atomic E-state index is 0.0132. The van der Waals surface area contributed by atoms with Crippen LogP contribution in [-0.2, 0) is 4.79 Å². The molecular formula is C20H21BrN2O2. The van der Waals surface area contributed by atoms with Crippen molar-refractivity contribution in [2.75, 3.05) is 0 Å². The van der Waals surface area contributed by atoms with Crippen molar-refractivity contribution in [3.63, 3.8) is 0 Å². The van der Waals surface area contributed by atoms with E-state index < -0.39 is 5.91 Å². The van der Waals surface area contributed by atoms with E-state index in [9.17, 15) is 15.2 Å². The molecule has 5 heteroatoms. The van der Waals surface area contributed by atoms with Crippen LogP contribution in [0.2, 0.25) is 0 Å². The monoisotopic (exact) mass is 400 g/mol. The van der Waals surface area contributed by atoms with Crippen LogP contribution in [0.5, 0.6) is 5.75 Å². The number of carbonyl (C=O) groups is 1. The fourth-order valence-corrected chi connectivity index (χ4v) is 2.63. The SMILES string of the molecule is C=C/C=C(\C=C)C(CCC)NC(=O)/C(C#N)=C/c1ccc(O)c(Br)c1. The summed E-state index contributed by atoms with van der Waals surface area (Å²) in [5, 5.41) is 21.7. The van der Waals surface area contributed by atoms with Gasteiger partial charge in [-0.25, -0.2) is 0 Å². The third kappa shape index (κ3) is 6.09. The van der Waals surface area contributed by atoms with Gasteiger partial charge in [-0.05, 0) is 51.7 Å². The highest BCUT2D eigenvalue weighted by Gasteiger charge is 2.17. The molecule has 130 valence electrons. The summed E-state index contributed by atoms with van der Waals surface area (Å²) in [6.07, 6.45) is 8.18. The molecule has 0 aliphatic rings. The van der Waals surface area contributed by atoms with Crippen molar-refractivity contribution in [3.8, 4) is 11.8 Å². The maximum Gasteiger partial charge on any atom is 0.262 e. The zero-order chi connectivity index (χ0) is 18.8. The molecule has 0 saturated heterocycles. The summed E-state index contributed by atoms with van der Waals surface area (Å²) in [4.78, 5) is 12.5. The van der Waals surface area contributed by atoms with E-state index in [1.54, 1.807) is 30.4 Å². The summed E-state index contributed by atoms with van der Waals surface area (Å²) < 4.78 is 0.491. The molecule has 0 spiro atoms. The molecule has 0 aliphatic heterocycles. The molecule has 1 unspecified atom stereocenters. The highest BCUT2D eigenvalue weighted by Crippen LogP contribution is 2.25. The molecule has 4 nitrogen and oxygen atoms in total. The number of nitriles is 1. The van der Waals surface area contributed by atoms with Crippen LogP contribution in [0, 0.1) is 11.3 Å². The van der Waals surface area contributed by atoms with Crippen molar-refractivity contribution >= 4 is 27.9 Å². The second-order valence-electron chi connectivity index (χ2n) is 5.30. The number of carbonyl (C=O) groups excluding carboxylic acids is 1. The van der Waals surface area contributed by atoms with Crippen molar-refractivity contribution in [2.45, 2.75) is 25.8 Å². The number of phenolic OH excluding ortho intramolecular Hbond substituents is 1. The number of aromatic hydroxyl groups is 1. The minimum Gasteiger partial charge on any atom is -0.507 e. The molecule has 1 rings (SSSR count). The topological polar surface area (TPSA) is 73.1 Å². The average molecular weight is 401 g/mol. The second kappa shape index (κ2) is 10.3. The minimum atomic E-state index is -0.457. The maximum absolute atomic E-state index is 12.5. The molecule has 1 atom stereocenters. The van der Waals surface area contributed by atoms with E-state index in [4.69, 9.17) is 0 Å². The molecule has 25 heavy (non-hydrogen) atoms. The van der Waals surface area contributed by atoms with Gasteiger partial charge in [0.15, 0.2) is 0 Å². The van der Waals surface area contributed by atoms with Crippen LogP contribution in [0.3, 0.4) is 0 Å². The standard InChI is InChI=1S/C20H21BrN2O2/c1-4-7-15(6-3)18(8-5-2)23-20(25)16(13-22)11-14-9-10-19(24)17(21)12-14/h4,6-7,9-12,18,24H,1,3,5,8H2,2H3,(H,23,25)/b15-7+,16-11+. The van der Waals surface area contributed by atoms with Gasteiger partial charge in [-0.15, -0.1) is 0 Å². The molecule has 0 aromatic heterocycles. The number of hydrogen-bond donors (Lipinski definition) is 2. The highest BCUT2D eigenvalue weighted by atomic mass is 79.9. The summed E-state index contributed by atoms with van der Waals surface area (Å²) in [6, 6.07) is 6.44. The molecule has 2 N–H and O–H groups in total. The number of halogens is 1. The van der Waals surface area contributed by atoms with E-state index in [0.717, 1.165) is 18.4 Å². The lowest BCUT2D eigenvalue weighted by molar-refractivity contribution is -0.117. The smallest absolute Gasteiger partial charge is 0.262 e. The van der Waals surface area contributed by atoms with E-state index in [-0.39, 0.29) is 17.4 Å². The Morgan fingerprint density at radius 2 is 2.20 bits per heavy atom. The lowest BCUT2D eigenvalue weighted by Gasteiger charge is -2.19. The van der Waals surface area contributed by atoms with Crippen LogP contribution < -0.4 is 5.32 Å². The van der Waals surface area contributed by atoms with Crippen LogP contribution in [0.15, 0.2) is 65.2 Å². The van der Waals surface area contributed by atoms with Crippen molar-refractivity contribution in [3.05, 3.63) is 70.8 Å². The van der Waals surface area contributed by atoms with Gasteiger partial charge in [0.05, 0.1) is 10.5 Å². The lowest BCUT2D eigenvalue weighted by Crippen LogP contribution is -2.36. The predicted molar refractivity (Wildman–Crippen MR) is 105 cm³/mol. The van der Waals surface area contributed by atoms with Gasteiger partial charge in [0.25, 0.3) is 5.91 Å². The van der Waals surface area contributed by atoms with Gasteiger partial charge in [0.1, 0.15) is 17.4 Å². The quantitative estimate of drug-likeness (QED) is 0.379. The average Bonchev–Trinajstić information content (AvgIpc) is 2.60. The van der Waals surface area contributed by atoms with Gasteiger partial charge in [-0.2, -0.15) is 5.26 Å². The number of allylic oxidation sites excluding steroid dienone is 2. The fourth-order valence-electron chi connectivity index (χ4n) is 2.24. The van der Waals surface area contributed by atoms with E-state index in [2.05, 4.69) is 34.4 Å². The van der Waals surface area contributed by atoms with Crippen LogP contribution in [0.4, 0.5) is 0 Å². The third-order valence-corrected chi connectivity index (χ3v) is 4.11. The van der Waals surface area contributed by atoms with Crippen molar-refractivity contribution in [1.29, 1.82) is 5.26 Å². The summed E-state index contributed by atoms with van der Waals surface area (Å²) in [6.45, 7) is 9.45. The van der Waals surface area contributed by atoms with Gasteiger partial charge < -0.3 is 10.4 Å². The Labute approximate surface area is 157 Å². The highest BCUT2D eigenvalue weighted by molar-refractivity contribution is 9.10. The maximum atomic E-state index is 12.5. The number of rotatable bonds is 8. The largest absolute Gasteiger partial charge is 0.507 e. The molecular weight excluding hydrogens is 380 g/mol. The first kappa shape index (κ1) is 20.5. The van der Waals surface area contributed by atoms with Gasteiger partial charge in [0, 0.05) is 0 Å². The zero-order valence-electron chi connectivity index (χ0n) is 14.1. The first-order valence-electron chi connectivity index (χ1n) is 7.83. The number of benzene rings is 1. The van der Waals surface area contributed by atoms with Crippen LogP contribution in [0.25, 0.3) is 6.08 Å². The van der Waals surface area contributed by atoms with Crippen LogP contribution in [-0.4, -0.2) is 17.1 Å². The predicted octanol–water partition coefficient (Wildman–Crippen LogP) is 4.64. The molecule has 0 fully saturated rings. The van der Waals surface area contributed by atoms with E-state index in [1.807, 2.05) is 13.0 Å². The molecule has 0 saturated carbocycles. The first-order chi connectivity index (χ1) is 12.0. The summed E-state index contributed by atoms with van der Waals surface area (Å²) in [7, 11) is 0.